The van der Waals surface area contributed by atoms with Gasteiger partial charge >= 0.3 is 0 Å². The fourth-order valence-electron chi connectivity index (χ4n) is 2.58. The first kappa shape index (κ1) is 17.0. The zero-order chi connectivity index (χ0) is 14.6. The monoisotopic (exact) mass is 273 g/mol. The maximum Gasteiger partial charge on any atom is 0.0282 e. The van der Waals surface area contributed by atoms with Gasteiger partial charge in [0.1, 0.15) is 0 Å². The lowest BCUT2D eigenvalue weighted by Gasteiger charge is -2.22. The van der Waals surface area contributed by atoms with E-state index in [2.05, 4.69) is 62.5 Å². The summed E-state index contributed by atoms with van der Waals surface area (Å²) in [4.78, 5) is 0. The van der Waals surface area contributed by atoms with E-state index in [0.717, 1.165) is 6.54 Å². The summed E-state index contributed by atoms with van der Waals surface area (Å²) < 4.78 is 0. The molecule has 0 fully saturated rings. The summed E-state index contributed by atoms with van der Waals surface area (Å²) in [6.45, 7) is 7.78. The Bertz CT molecular complexity index is 367. The molecule has 1 aromatic carbocycles. The van der Waals surface area contributed by atoms with E-state index in [1.807, 2.05) is 0 Å². The average molecular weight is 273 g/mol. The Kier molecular flexibility index (Phi) is 9.06. The van der Waals surface area contributed by atoms with Crippen molar-refractivity contribution in [3.63, 3.8) is 0 Å². The van der Waals surface area contributed by atoms with E-state index < -0.39 is 0 Å². The zero-order valence-corrected chi connectivity index (χ0v) is 13.5. The molecule has 1 atom stereocenters. The van der Waals surface area contributed by atoms with Crippen LogP contribution >= 0.6 is 0 Å². The van der Waals surface area contributed by atoms with Crippen molar-refractivity contribution in [2.45, 2.75) is 71.9 Å². The molecular weight excluding hydrogens is 242 g/mol. The van der Waals surface area contributed by atoms with Gasteiger partial charge in [-0.1, -0.05) is 82.0 Å². The van der Waals surface area contributed by atoms with Crippen molar-refractivity contribution in [2.75, 3.05) is 0 Å². The molecule has 0 aromatic heterocycles. The summed E-state index contributed by atoms with van der Waals surface area (Å²) in [7, 11) is 0. The van der Waals surface area contributed by atoms with E-state index in [-0.39, 0.29) is 0 Å². The molecule has 112 valence electrons. The minimum Gasteiger partial charge on any atom is -0.306 e. The summed E-state index contributed by atoms with van der Waals surface area (Å²) >= 11 is 0. The summed E-state index contributed by atoms with van der Waals surface area (Å²) in [5.74, 6) is 0. The Morgan fingerprint density at radius 3 is 2.40 bits per heavy atom. The number of benzene rings is 1. The summed E-state index contributed by atoms with van der Waals surface area (Å²) in [6, 6.07) is 11.3. The van der Waals surface area contributed by atoms with Gasteiger partial charge in [-0.05, 0) is 24.8 Å². The molecule has 1 rings (SSSR count). The van der Waals surface area contributed by atoms with Gasteiger partial charge in [-0.2, -0.15) is 0 Å². The van der Waals surface area contributed by atoms with E-state index in [1.165, 1.54) is 44.1 Å². The summed E-state index contributed by atoms with van der Waals surface area (Å²) in [6.07, 6.45) is 9.87. The highest BCUT2D eigenvalue weighted by Gasteiger charge is 2.12. The lowest BCUT2D eigenvalue weighted by molar-refractivity contribution is 0.511. The second-order valence-electron chi connectivity index (χ2n) is 5.53. The molecule has 1 aromatic rings. The normalized spacial score (nSPS) is 13.4. The number of rotatable bonds is 10. The van der Waals surface area contributed by atoms with E-state index in [1.54, 1.807) is 5.57 Å². The third-order valence-electron chi connectivity index (χ3n) is 3.65. The Balaban J connectivity index is 2.65. The lowest BCUT2D eigenvalue weighted by Crippen LogP contribution is -2.30. The molecule has 1 nitrogen and oxygen atoms in total. The topological polar surface area (TPSA) is 12.0 Å². The Morgan fingerprint density at radius 2 is 1.80 bits per heavy atom. The first-order chi connectivity index (χ1) is 9.81. The maximum absolute atomic E-state index is 3.76. The molecule has 0 aliphatic carbocycles. The van der Waals surface area contributed by atoms with Crippen LogP contribution in [0, 0.1) is 0 Å². The van der Waals surface area contributed by atoms with Crippen LogP contribution in [0.5, 0.6) is 0 Å². The van der Waals surface area contributed by atoms with Crippen LogP contribution in [0.3, 0.4) is 0 Å². The second-order valence-corrected chi connectivity index (χ2v) is 5.53. The molecule has 0 heterocycles. The Hall–Kier alpha value is -1.08. The first-order valence-corrected chi connectivity index (χ1v) is 8.28. The van der Waals surface area contributed by atoms with Gasteiger partial charge < -0.3 is 5.32 Å². The summed E-state index contributed by atoms with van der Waals surface area (Å²) in [5.41, 5.74) is 2.99. The average Bonchev–Trinajstić information content (AvgIpc) is 2.49. The second kappa shape index (κ2) is 10.7. The van der Waals surface area contributed by atoms with E-state index >= 15 is 0 Å². The van der Waals surface area contributed by atoms with Crippen molar-refractivity contribution in [3.8, 4) is 0 Å². The smallest absolute Gasteiger partial charge is 0.0282 e. The van der Waals surface area contributed by atoms with Crippen LogP contribution in [0.1, 0.15) is 64.9 Å². The zero-order valence-electron chi connectivity index (χ0n) is 13.5. The molecule has 20 heavy (non-hydrogen) atoms. The Labute approximate surface area is 125 Å². The largest absolute Gasteiger partial charge is 0.306 e. The van der Waals surface area contributed by atoms with Gasteiger partial charge in [0.15, 0.2) is 0 Å². The summed E-state index contributed by atoms with van der Waals surface area (Å²) in [5, 5.41) is 3.76. The van der Waals surface area contributed by atoms with Crippen LogP contribution in [0.2, 0.25) is 0 Å². The maximum atomic E-state index is 3.76. The molecule has 0 radical (unpaired) electrons. The van der Waals surface area contributed by atoms with Crippen LogP contribution in [0.4, 0.5) is 0 Å². The van der Waals surface area contributed by atoms with Gasteiger partial charge in [0.25, 0.3) is 0 Å². The van der Waals surface area contributed by atoms with Crippen molar-refractivity contribution >= 4 is 0 Å². The molecule has 0 saturated carbocycles. The SMILES string of the molecule is CCC/C=C(\CCC)C(CCC)NCc1ccccc1. The van der Waals surface area contributed by atoms with Crippen molar-refractivity contribution in [2.24, 2.45) is 0 Å². The highest BCUT2D eigenvalue weighted by atomic mass is 14.9. The van der Waals surface area contributed by atoms with Crippen molar-refractivity contribution in [3.05, 3.63) is 47.5 Å². The fraction of sp³-hybridized carbons (Fsp3) is 0.579. The molecule has 0 aliphatic rings. The van der Waals surface area contributed by atoms with Gasteiger partial charge in [0.2, 0.25) is 0 Å². The molecule has 0 spiro atoms. The highest BCUT2D eigenvalue weighted by Crippen LogP contribution is 2.17. The highest BCUT2D eigenvalue weighted by molar-refractivity contribution is 5.16. The Morgan fingerprint density at radius 1 is 1.05 bits per heavy atom. The predicted molar refractivity (Wildman–Crippen MR) is 89.9 cm³/mol. The van der Waals surface area contributed by atoms with Crippen LogP contribution in [-0.4, -0.2) is 6.04 Å². The number of allylic oxidation sites excluding steroid dienone is 1. The molecule has 0 aliphatic heterocycles. The molecule has 0 amide bonds. The van der Waals surface area contributed by atoms with Gasteiger partial charge in [0.05, 0.1) is 0 Å². The fourth-order valence-corrected chi connectivity index (χ4v) is 2.58. The molecule has 1 N–H and O–H groups in total. The van der Waals surface area contributed by atoms with Crippen LogP contribution < -0.4 is 5.32 Å². The lowest BCUT2D eigenvalue weighted by atomic mass is 9.96. The van der Waals surface area contributed by atoms with E-state index in [0.29, 0.717) is 6.04 Å². The molecule has 0 bridgehead atoms. The standard InChI is InChI=1S/C19H31N/c1-4-7-15-18(11-5-2)19(12-6-3)20-16-17-13-9-8-10-14-17/h8-10,13-15,19-20H,4-7,11-12,16H2,1-3H3/b18-15+. The minimum atomic E-state index is 0.548. The van der Waals surface area contributed by atoms with Gasteiger partial charge in [-0.25, -0.2) is 0 Å². The van der Waals surface area contributed by atoms with Crippen LogP contribution in [0.15, 0.2) is 42.0 Å². The number of unbranched alkanes of at least 4 members (excludes halogenated alkanes) is 1. The quantitative estimate of drug-likeness (QED) is 0.557. The van der Waals surface area contributed by atoms with Crippen molar-refractivity contribution in [1.82, 2.24) is 5.32 Å². The molecule has 1 unspecified atom stereocenters. The third-order valence-corrected chi connectivity index (χ3v) is 3.65. The first-order valence-electron chi connectivity index (χ1n) is 8.28. The van der Waals surface area contributed by atoms with E-state index in [9.17, 15) is 0 Å². The van der Waals surface area contributed by atoms with Crippen LogP contribution in [-0.2, 0) is 6.54 Å². The third kappa shape index (κ3) is 6.38. The number of hydrogen-bond acceptors (Lipinski definition) is 1. The van der Waals surface area contributed by atoms with Gasteiger partial charge in [-0.3, -0.25) is 0 Å². The van der Waals surface area contributed by atoms with Gasteiger partial charge in [0, 0.05) is 12.6 Å². The molecule has 1 heteroatoms. The number of nitrogens with one attached hydrogen (secondary N) is 1. The van der Waals surface area contributed by atoms with E-state index in [4.69, 9.17) is 0 Å². The minimum absolute atomic E-state index is 0.548. The van der Waals surface area contributed by atoms with Crippen molar-refractivity contribution < 1.29 is 0 Å². The van der Waals surface area contributed by atoms with Crippen LogP contribution in [0.25, 0.3) is 0 Å². The molecular formula is C19H31N. The van der Waals surface area contributed by atoms with Crippen molar-refractivity contribution in [1.29, 1.82) is 0 Å². The molecule has 0 saturated heterocycles. The van der Waals surface area contributed by atoms with Gasteiger partial charge in [-0.15, -0.1) is 0 Å². The predicted octanol–water partition coefficient (Wildman–Crippen LogP) is 5.47. The number of hydrogen-bond donors (Lipinski definition) is 1.